The molecule has 2 aromatic rings. The van der Waals surface area contributed by atoms with Crippen LogP contribution < -0.4 is 5.73 Å². The summed E-state index contributed by atoms with van der Waals surface area (Å²) in [7, 11) is 1.76. The Hall–Kier alpha value is -1.47. The van der Waals surface area contributed by atoms with Gasteiger partial charge in [0.15, 0.2) is 0 Å². The van der Waals surface area contributed by atoms with Gasteiger partial charge in [-0.2, -0.15) is 0 Å². The largest absolute Gasteiger partial charge is 0.328 e. The summed E-state index contributed by atoms with van der Waals surface area (Å²) in [6.45, 7) is 1.89. The van der Waals surface area contributed by atoms with E-state index in [2.05, 4.69) is 15.5 Å². The molecule has 0 saturated heterocycles. The van der Waals surface area contributed by atoms with Crippen molar-refractivity contribution in [3.8, 4) is 0 Å². The van der Waals surface area contributed by atoms with Gasteiger partial charge in [0.1, 0.15) is 5.82 Å². The van der Waals surface area contributed by atoms with Gasteiger partial charge >= 0.3 is 0 Å². The summed E-state index contributed by atoms with van der Waals surface area (Å²) >= 11 is 1.40. The number of nitrogens with two attached hydrogens (primary N) is 1. The van der Waals surface area contributed by atoms with E-state index in [4.69, 9.17) is 5.73 Å². The van der Waals surface area contributed by atoms with Crippen molar-refractivity contribution in [2.45, 2.75) is 29.4 Å². The molecule has 2 rings (SSSR count). The van der Waals surface area contributed by atoms with Gasteiger partial charge in [0.2, 0.25) is 5.16 Å². The second-order valence-electron chi connectivity index (χ2n) is 4.12. The SMILES string of the molecule is CC(N)Cc1cc(F)ccc1Sc1nnnn1C. The molecule has 1 atom stereocenters. The normalized spacial score (nSPS) is 12.7. The Labute approximate surface area is 109 Å². The minimum Gasteiger partial charge on any atom is -0.328 e. The van der Waals surface area contributed by atoms with Gasteiger partial charge in [0.25, 0.3) is 0 Å². The summed E-state index contributed by atoms with van der Waals surface area (Å²) in [5.41, 5.74) is 6.64. The number of halogens is 1. The average molecular weight is 267 g/mol. The molecule has 5 nitrogen and oxygen atoms in total. The molecule has 1 unspecified atom stereocenters. The lowest BCUT2D eigenvalue weighted by Crippen LogP contribution is -2.18. The van der Waals surface area contributed by atoms with Gasteiger partial charge in [-0.25, -0.2) is 9.07 Å². The van der Waals surface area contributed by atoms with Gasteiger partial charge < -0.3 is 5.73 Å². The number of nitrogens with zero attached hydrogens (tertiary/aromatic N) is 4. The quantitative estimate of drug-likeness (QED) is 0.906. The van der Waals surface area contributed by atoms with E-state index in [1.165, 1.54) is 23.9 Å². The van der Waals surface area contributed by atoms with Gasteiger partial charge in [0, 0.05) is 18.0 Å². The van der Waals surface area contributed by atoms with Gasteiger partial charge in [-0.1, -0.05) is 0 Å². The van der Waals surface area contributed by atoms with Crippen molar-refractivity contribution in [3.05, 3.63) is 29.6 Å². The predicted octanol–water partition coefficient (Wildman–Crippen LogP) is 1.39. The minimum absolute atomic E-state index is 0.0243. The Kier molecular flexibility index (Phi) is 3.93. The lowest BCUT2D eigenvalue weighted by atomic mass is 10.1. The van der Waals surface area contributed by atoms with Crippen LogP contribution in [-0.2, 0) is 13.5 Å². The smallest absolute Gasteiger partial charge is 0.213 e. The maximum absolute atomic E-state index is 13.3. The molecular formula is C11H14FN5S. The maximum atomic E-state index is 13.3. The highest BCUT2D eigenvalue weighted by Crippen LogP contribution is 2.29. The first kappa shape index (κ1) is 13.0. The molecule has 0 fully saturated rings. The molecule has 1 aromatic heterocycles. The lowest BCUT2D eigenvalue weighted by molar-refractivity contribution is 0.619. The maximum Gasteiger partial charge on any atom is 0.213 e. The van der Waals surface area contributed by atoms with Crippen LogP contribution in [0.5, 0.6) is 0 Å². The van der Waals surface area contributed by atoms with Crippen molar-refractivity contribution >= 4 is 11.8 Å². The molecule has 7 heteroatoms. The Morgan fingerprint density at radius 3 is 2.89 bits per heavy atom. The van der Waals surface area contributed by atoms with Crippen molar-refractivity contribution in [3.63, 3.8) is 0 Å². The monoisotopic (exact) mass is 267 g/mol. The van der Waals surface area contributed by atoms with Crippen LogP contribution in [-0.4, -0.2) is 26.2 Å². The Morgan fingerprint density at radius 1 is 1.50 bits per heavy atom. The van der Waals surface area contributed by atoms with E-state index in [-0.39, 0.29) is 11.9 Å². The van der Waals surface area contributed by atoms with E-state index in [1.807, 2.05) is 6.92 Å². The fraction of sp³-hybridized carbons (Fsp3) is 0.364. The zero-order chi connectivity index (χ0) is 13.1. The van der Waals surface area contributed by atoms with Crippen LogP contribution in [0.25, 0.3) is 0 Å². The molecule has 0 aliphatic carbocycles. The number of aryl methyl sites for hydroxylation is 1. The summed E-state index contributed by atoms with van der Waals surface area (Å²) in [4.78, 5) is 0.923. The van der Waals surface area contributed by atoms with Gasteiger partial charge in [0.05, 0.1) is 0 Å². The number of rotatable bonds is 4. The van der Waals surface area contributed by atoms with Gasteiger partial charge in [-0.15, -0.1) is 5.10 Å². The average Bonchev–Trinajstić information content (AvgIpc) is 2.67. The second kappa shape index (κ2) is 5.45. The Balaban J connectivity index is 2.29. The van der Waals surface area contributed by atoms with E-state index < -0.39 is 0 Å². The van der Waals surface area contributed by atoms with Crippen LogP contribution in [0.15, 0.2) is 28.3 Å². The van der Waals surface area contributed by atoms with Crippen LogP contribution in [0.1, 0.15) is 12.5 Å². The summed E-state index contributed by atoms with van der Waals surface area (Å²) in [6, 6.07) is 4.64. The third kappa shape index (κ3) is 3.05. The topological polar surface area (TPSA) is 69.6 Å². The van der Waals surface area contributed by atoms with Crippen molar-refractivity contribution < 1.29 is 4.39 Å². The summed E-state index contributed by atoms with van der Waals surface area (Å²) in [5, 5.41) is 11.9. The van der Waals surface area contributed by atoms with Crippen LogP contribution in [0.4, 0.5) is 4.39 Å². The van der Waals surface area contributed by atoms with Crippen molar-refractivity contribution in [2.75, 3.05) is 0 Å². The number of hydrogen-bond donors (Lipinski definition) is 1. The third-order valence-corrected chi connectivity index (χ3v) is 3.49. The fourth-order valence-corrected chi connectivity index (χ4v) is 2.41. The van der Waals surface area contributed by atoms with E-state index in [0.717, 1.165) is 10.5 Å². The van der Waals surface area contributed by atoms with E-state index >= 15 is 0 Å². The van der Waals surface area contributed by atoms with Crippen molar-refractivity contribution in [2.24, 2.45) is 12.8 Å². The zero-order valence-electron chi connectivity index (χ0n) is 10.2. The highest BCUT2D eigenvalue weighted by molar-refractivity contribution is 7.99. The van der Waals surface area contributed by atoms with Gasteiger partial charge in [-0.3, -0.25) is 0 Å². The molecule has 96 valence electrons. The predicted molar refractivity (Wildman–Crippen MR) is 66.7 cm³/mol. The zero-order valence-corrected chi connectivity index (χ0v) is 11.0. The summed E-state index contributed by atoms with van der Waals surface area (Å²) in [5.74, 6) is -0.258. The van der Waals surface area contributed by atoms with Crippen molar-refractivity contribution in [1.29, 1.82) is 0 Å². The van der Waals surface area contributed by atoms with Crippen LogP contribution >= 0.6 is 11.8 Å². The molecule has 0 aliphatic heterocycles. The minimum atomic E-state index is -0.258. The second-order valence-corrected chi connectivity index (χ2v) is 5.13. The lowest BCUT2D eigenvalue weighted by Gasteiger charge is -2.10. The van der Waals surface area contributed by atoms with Crippen LogP contribution in [0.3, 0.4) is 0 Å². The molecule has 0 saturated carbocycles. The Morgan fingerprint density at radius 2 is 2.28 bits per heavy atom. The third-order valence-electron chi connectivity index (χ3n) is 2.35. The number of benzene rings is 1. The molecule has 18 heavy (non-hydrogen) atoms. The first-order valence-electron chi connectivity index (χ1n) is 5.50. The molecule has 1 aromatic carbocycles. The molecule has 1 heterocycles. The highest BCUT2D eigenvalue weighted by atomic mass is 32.2. The molecular weight excluding hydrogens is 253 g/mol. The van der Waals surface area contributed by atoms with Gasteiger partial charge in [-0.05, 0) is 59.3 Å². The van der Waals surface area contributed by atoms with E-state index in [0.29, 0.717) is 11.6 Å². The van der Waals surface area contributed by atoms with Crippen LogP contribution in [0.2, 0.25) is 0 Å². The summed E-state index contributed by atoms with van der Waals surface area (Å²) < 4.78 is 14.8. The molecule has 0 radical (unpaired) electrons. The van der Waals surface area contributed by atoms with E-state index in [1.54, 1.807) is 17.8 Å². The summed E-state index contributed by atoms with van der Waals surface area (Å²) in [6.07, 6.45) is 0.616. The standard InChI is InChI=1S/C11H14FN5S/c1-7(13)5-8-6-9(12)3-4-10(8)18-11-14-15-16-17(11)2/h3-4,6-7H,5,13H2,1-2H3. The number of aromatic nitrogens is 4. The Bertz CT molecular complexity index is 540. The van der Waals surface area contributed by atoms with Crippen molar-refractivity contribution in [1.82, 2.24) is 20.2 Å². The van der Waals surface area contributed by atoms with E-state index in [9.17, 15) is 4.39 Å². The molecule has 0 spiro atoms. The highest BCUT2D eigenvalue weighted by Gasteiger charge is 2.11. The fourth-order valence-electron chi connectivity index (χ4n) is 1.56. The molecule has 0 amide bonds. The first-order valence-corrected chi connectivity index (χ1v) is 6.32. The van der Waals surface area contributed by atoms with Crippen LogP contribution in [0, 0.1) is 5.82 Å². The molecule has 0 aliphatic rings. The number of tetrazole rings is 1. The number of hydrogen-bond acceptors (Lipinski definition) is 5. The first-order chi connectivity index (χ1) is 8.56. The molecule has 2 N–H and O–H groups in total. The molecule has 0 bridgehead atoms.